The summed E-state index contributed by atoms with van der Waals surface area (Å²) in [4.78, 5) is 0. The van der Waals surface area contributed by atoms with Gasteiger partial charge >= 0.3 is 0 Å². The Morgan fingerprint density at radius 1 is 0.773 bits per heavy atom. The van der Waals surface area contributed by atoms with Crippen molar-refractivity contribution in [3.8, 4) is 0 Å². The molecule has 0 unspecified atom stereocenters. The van der Waals surface area contributed by atoms with Crippen LogP contribution in [-0.4, -0.2) is 11.7 Å². The minimum Gasteiger partial charge on any atom is -0.402 e. The molecule has 3 N–H and O–H groups in total. The first-order chi connectivity index (χ1) is 10.8. The maximum absolute atomic E-state index is 8.70. The largest absolute Gasteiger partial charge is 0.402 e. The van der Waals surface area contributed by atoms with E-state index >= 15 is 0 Å². The van der Waals surface area contributed by atoms with Crippen LogP contribution in [0.1, 0.15) is 103 Å². The van der Waals surface area contributed by atoms with Crippen LogP contribution in [0.15, 0.2) is 11.8 Å². The Kier molecular flexibility index (Phi) is 18.1. The number of hydrogen-bond donors (Lipinski definition) is 2. The van der Waals surface area contributed by atoms with Crippen molar-refractivity contribution in [1.29, 1.82) is 0 Å². The van der Waals surface area contributed by atoms with Gasteiger partial charge in [-0.1, -0.05) is 90.4 Å². The van der Waals surface area contributed by atoms with Crippen LogP contribution in [0.25, 0.3) is 0 Å². The summed E-state index contributed by atoms with van der Waals surface area (Å²) < 4.78 is 0. The number of aliphatic hydroxyl groups excluding tert-OH is 1. The predicted molar refractivity (Wildman–Crippen MR) is 98.6 cm³/mol. The quantitative estimate of drug-likeness (QED) is 0.329. The third-order valence-electron chi connectivity index (χ3n) is 4.25. The molecule has 0 saturated carbocycles. The van der Waals surface area contributed by atoms with Crippen molar-refractivity contribution in [3.05, 3.63) is 18.2 Å². The van der Waals surface area contributed by atoms with Crippen molar-refractivity contribution in [3.63, 3.8) is 0 Å². The minimum atomic E-state index is 0.0601. The van der Waals surface area contributed by atoms with E-state index in [0.29, 0.717) is 0 Å². The maximum atomic E-state index is 8.70. The van der Waals surface area contributed by atoms with Crippen molar-refractivity contribution < 1.29 is 5.11 Å². The highest BCUT2D eigenvalue weighted by Gasteiger charge is 1.95. The molecule has 0 aromatic carbocycles. The highest BCUT2D eigenvalue weighted by Crippen LogP contribution is 2.13. The molecule has 0 aliphatic heterocycles. The van der Waals surface area contributed by atoms with Crippen LogP contribution in [0.4, 0.5) is 0 Å². The molecule has 0 heterocycles. The van der Waals surface area contributed by atoms with Gasteiger partial charge in [-0.15, -0.1) is 0 Å². The van der Waals surface area contributed by atoms with E-state index in [9.17, 15) is 0 Å². The topological polar surface area (TPSA) is 46.2 Å². The first-order valence-corrected chi connectivity index (χ1v) is 9.68. The smallest absolute Gasteiger partial charge is 0.0631 e. The summed E-state index contributed by atoms with van der Waals surface area (Å²) in [6, 6.07) is 0. The lowest BCUT2D eigenvalue weighted by molar-refractivity contribution is 0.341. The Bertz CT molecular complexity index is 238. The van der Waals surface area contributed by atoms with Crippen molar-refractivity contribution >= 4 is 0 Å². The molecule has 2 heteroatoms. The van der Waals surface area contributed by atoms with Gasteiger partial charge in [-0.05, 0) is 25.3 Å². The Morgan fingerprint density at radius 2 is 1.27 bits per heavy atom. The van der Waals surface area contributed by atoms with E-state index in [-0.39, 0.29) is 6.61 Å². The SMILES string of the molecule is CCCCCCCCCCCCCC[CH]CCC(N)=CCO. The van der Waals surface area contributed by atoms with Crippen LogP contribution in [0.2, 0.25) is 0 Å². The first-order valence-electron chi connectivity index (χ1n) is 9.68. The Morgan fingerprint density at radius 3 is 1.77 bits per heavy atom. The zero-order valence-corrected chi connectivity index (χ0v) is 15.0. The van der Waals surface area contributed by atoms with Gasteiger partial charge in [0, 0.05) is 5.70 Å². The lowest BCUT2D eigenvalue weighted by atomic mass is 10.0. The molecule has 0 spiro atoms. The Balaban J connectivity index is 3.04. The summed E-state index contributed by atoms with van der Waals surface area (Å²) in [6.45, 7) is 2.34. The summed E-state index contributed by atoms with van der Waals surface area (Å²) in [5, 5.41) is 8.70. The summed E-state index contributed by atoms with van der Waals surface area (Å²) >= 11 is 0. The number of hydrogen-bond acceptors (Lipinski definition) is 2. The zero-order chi connectivity index (χ0) is 16.3. The normalized spacial score (nSPS) is 12.0. The predicted octanol–water partition coefficient (Wildman–Crippen LogP) is 5.90. The van der Waals surface area contributed by atoms with E-state index in [0.717, 1.165) is 18.5 Å². The van der Waals surface area contributed by atoms with E-state index in [2.05, 4.69) is 13.3 Å². The molecule has 1 radical (unpaired) electrons. The van der Waals surface area contributed by atoms with Crippen LogP contribution < -0.4 is 5.73 Å². The minimum absolute atomic E-state index is 0.0601. The van der Waals surface area contributed by atoms with Gasteiger partial charge in [0.05, 0.1) is 6.61 Å². The molecule has 0 atom stereocenters. The Hall–Kier alpha value is -0.500. The van der Waals surface area contributed by atoms with Crippen LogP contribution in [0.3, 0.4) is 0 Å². The fourth-order valence-electron chi connectivity index (χ4n) is 2.76. The molecule has 2 nitrogen and oxygen atoms in total. The summed E-state index contributed by atoms with van der Waals surface area (Å²) in [5.41, 5.74) is 6.53. The van der Waals surface area contributed by atoms with Crippen molar-refractivity contribution in [1.82, 2.24) is 0 Å². The van der Waals surface area contributed by atoms with Gasteiger partial charge in [-0.2, -0.15) is 0 Å². The lowest BCUT2D eigenvalue weighted by Gasteiger charge is -2.03. The number of allylic oxidation sites excluding steroid dienone is 1. The number of rotatable bonds is 17. The van der Waals surface area contributed by atoms with Gasteiger partial charge in [0.2, 0.25) is 0 Å². The van der Waals surface area contributed by atoms with Crippen LogP contribution in [0, 0.1) is 6.42 Å². The van der Waals surface area contributed by atoms with E-state index in [4.69, 9.17) is 10.8 Å². The molecule has 0 aromatic rings. The molecule has 0 aliphatic rings. The van der Waals surface area contributed by atoms with Crippen molar-refractivity contribution in [2.45, 2.75) is 103 Å². The number of aliphatic hydroxyl groups is 1. The van der Waals surface area contributed by atoms with Crippen molar-refractivity contribution in [2.75, 3.05) is 6.61 Å². The number of unbranched alkanes of at least 4 members (excludes halogenated alkanes) is 14. The second kappa shape index (κ2) is 18.5. The van der Waals surface area contributed by atoms with E-state index in [1.54, 1.807) is 6.08 Å². The third-order valence-corrected chi connectivity index (χ3v) is 4.25. The van der Waals surface area contributed by atoms with Crippen molar-refractivity contribution in [2.24, 2.45) is 5.73 Å². The molecule has 0 saturated heterocycles. The lowest BCUT2D eigenvalue weighted by Crippen LogP contribution is -1.98. The fraction of sp³-hybridized carbons (Fsp3) is 0.850. The van der Waals surface area contributed by atoms with E-state index in [1.165, 1.54) is 83.5 Å². The molecule has 131 valence electrons. The second-order valence-electron chi connectivity index (χ2n) is 6.47. The molecule has 0 fully saturated rings. The van der Waals surface area contributed by atoms with Gasteiger partial charge < -0.3 is 10.8 Å². The first kappa shape index (κ1) is 21.5. The van der Waals surface area contributed by atoms with E-state index in [1.807, 2.05) is 0 Å². The second-order valence-corrected chi connectivity index (χ2v) is 6.47. The van der Waals surface area contributed by atoms with Gasteiger partial charge in [0.1, 0.15) is 0 Å². The fourth-order valence-corrected chi connectivity index (χ4v) is 2.76. The van der Waals surface area contributed by atoms with E-state index < -0.39 is 0 Å². The highest BCUT2D eigenvalue weighted by molar-refractivity contribution is 4.96. The standard InChI is InChI=1S/C20H40NO/c1-2-3-4-5-6-7-8-9-10-11-12-13-14-15-16-17-20(21)18-19-22/h15,18,22H,2-14,16-17,19,21H2,1H3. The summed E-state index contributed by atoms with van der Waals surface area (Å²) in [5.74, 6) is 0. The molecule has 0 amide bonds. The zero-order valence-electron chi connectivity index (χ0n) is 15.0. The highest BCUT2D eigenvalue weighted by atomic mass is 16.2. The third kappa shape index (κ3) is 17.6. The van der Waals surface area contributed by atoms with Crippen LogP contribution >= 0.6 is 0 Å². The molecule has 0 rings (SSSR count). The Labute approximate surface area is 139 Å². The average Bonchev–Trinajstić information content (AvgIpc) is 2.51. The van der Waals surface area contributed by atoms with Gasteiger partial charge in [0.25, 0.3) is 0 Å². The molecular weight excluding hydrogens is 270 g/mol. The monoisotopic (exact) mass is 310 g/mol. The van der Waals surface area contributed by atoms with Gasteiger partial charge in [0.15, 0.2) is 0 Å². The van der Waals surface area contributed by atoms with Gasteiger partial charge in [-0.3, -0.25) is 0 Å². The molecule has 22 heavy (non-hydrogen) atoms. The summed E-state index contributed by atoms with van der Waals surface area (Å²) in [7, 11) is 0. The summed E-state index contributed by atoms with van der Waals surface area (Å²) in [6.07, 6.45) is 24.1. The molecule has 0 aromatic heterocycles. The van der Waals surface area contributed by atoms with Gasteiger partial charge in [-0.25, -0.2) is 0 Å². The molecule has 0 bridgehead atoms. The molecule has 0 aliphatic carbocycles. The maximum Gasteiger partial charge on any atom is 0.0631 e. The number of nitrogens with two attached hydrogens (primary N) is 1. The van der Waals surface area contributed by atoms with Crippen LogP contribution in [0.5, 0.6) is 0 Å². The average molecular weight is 311 g/mol. The molecular formula is C20H40NO. The van der Waals surface area contributed by atoms with Crippen LogP contribution in [-0.2, 0) is 0 Å².